The average Bonchev–Trinajstić information content (AvgIpc) is 3.48. The van der Waals surface area contributed by atoms with Crippen molar-refractivity contribution in [2.45, 2.75) is 95.4 Å². The van der Waals surface area contributed by atoms with Crippen LogP contribution in [0.25, 0.3) is 0 Å². The molecule has 13 heteroatoms. The Kier molecular flexibility index (Phi) is 14.8. The smallest absolute Gasteiger partial charge is 0.408 e. The lowest BCUT2D eigenvalue weighted by molar-refractivity contribution is -0.124. The predicted molar refractivity (Wildman–Crippen MR) is 171 cm³/mol. The maximum absolute atomic E-state index is 14.1. The SMILES string of the molecule is CCCC(CCC)S(=O)(=O)C[C@H](NC(=O)O[C@H]1CCOC1)C(=O)N[C@@H](Cc1cc(F)cc(F)c1)[C@H](O)CNCc1cccc(C)c1. The predicted octanol–water partition coefficient (Wildman–Crippen LogP) is 3.72. The summed E-state index contributed by atoms with van der Waals surface area (Å²) in [5.41, 5.74) is 2.20. The van der Waals surface area contributed by atoms with Crippen LogP contribution in [-0.2, 0) is 37.1 Å². The number of aliphatic hydroxyl groups is 1. The molecule has 0 aromatic heterocycles. The highest BCUT2D eigenvalue weighted by molar-refractivity contribution is 7.92. The third kappa shape index (κ3) is 12.2. The number of alkyl carbamates (subject to hydrolysis) is 1. The van der Waals surface area contributed by atoms with Gasteiger partial charge in [-0.15, -0.1) is 0 Å². The number of aliphatic hydroxyl groups excluding tert-OH is 1. The molecular weight excluding hydrogens is 620 g/mol. The lowest BCUT2D eigenvalue weighted by atomic mass is 10.00. The topological polar surface area (TPSA) is 143 Å². The summed E-state index contributed by atoms with van der Waals surface area (Å²) >= 11 is 0. The number of amides is 2. The van der Waals surface area contributed by atoms with E-state index in [1.165, 1.54) is 0 Å². The van der Waals surface area contributed by atoms with Crippen molar-refractivity contribution in [3.8, 4) is 0 Å². The van der Waals surface area contributed by atoms with Gasteiger partial charge in [-0.2, -0.15) is 0 Å². The first-order valence-electron chi connectivity index (χ1n) is 15.9. The van der Waals surface area contributed by atoms with Crippen molar-refractivity contribution in [2.24, 2.45) is 0 Å². The highest BCUT2D eigenvalue weighted by Gasteiger charge is 2.35. The van der Waals surface area contributed by atoms with Gasteiger partial charge in [0.05, 0.1) is 36.4 Å². The molecule has 1 aliphatic rings. The highest BCUT2D eigenvalue weighted by atomic mass is 32.2. The van der Waals surface area contributed by atoms with Crippen LogP contribution in [0.3, 0.4) is 0 Å². The Labute approximate surface area is 270 Å². The zero-order valence-corrected chi connectivity index (χ0v) is 27.6. The number of aryl methyl sites for hydroxylation is 1. The van der Waals surface area contributed by atoms with E-state index in [2.05, 4.69) is 16.0 Å². The molecule has 4 N–H and O–H groups in total. The first-order chi connectivity index (χ1) is 21.9. The Hall–Kier alpha value is -3.13. The summed E-state index contributed by atoms with van der Waals surface area (Å²) in [6.07, 6.45) is -0.453. The molecule has 2 aromatic carbocycles. The molecule has 0 saturated carbocycles. The van der Waals surface area contributed by atoms with Gasteiger partial charge in [0.2, 0.25) is 5.91 Å². The third-order valence-corrected chi connectivity index (χ3v) is 10.1. The Morgan fingerprint density at radius 1 is 1.04 bits per heavy atom. The molecule has 46 heavy (non-hydrogen) atoms. The number of hydrogen-bond donors (Lipinski definition) is 4. The summed E-state index contributed by atoms with van der Waals surface area (Å²) in [7, 11) is -3.87. The van der Waals surface area contributed by atoms with Crippen LogP contribution in [0.1, 0.15) is 62.6 Å². The van der Waals surface area contributed by atoms with Crippen molar-refractivity contribution >= 4 is 21.8 Å². The Morgan fingerprint density at radius 2 is 1.74 bits per heavy atom. The molecule has 4 atom stereocenters. The number of hydrogen-bond acceptors (Lipinski definition) is 8. The molecule has 3 rings (SSSR count). The summed E-state index contributed by atoms with van der Waals surface area (Å²) < 4.78 is 65.7. The third-order valence-electron chi connectivity index (χ3n) is 7.83. The van der Waals surface area contributed by atoms with Crippen LogP contribution >= 0.6 is 0 Å². The maximum atomic E-state index is 14.1. The summed E-state index contributed by atoms with van der Waals surface area (Å²) in [6.45, 7) is 6.69. The van der Waals surface area contributed by atoms with E-state index in [0.717, 1.165) is 23.3 Å². The molecule has 0 radical (unpaired) electrons. The fraction of sp³-hybridized carbons (Fsp3) is 0.576. The first-order valence-corrected chi connectivity index (χ1v) is 17.6. The first kappa shape index (κ1) is 37.3. The van der Waals surface area contributed by atoms with E-state index in [1.54, 1.807) is 0 Å². The van der Waals surface area contributed by atoms with E-state index in [1.807, 2.05) is 45.0 Å². The van der Waals surface area contributed by atoms with Gasteiger partial charge < -0.3 is 30.5 Å². The van der Waals surface area contributed by atoms with Crippen LogP contribution in [-0.4, -0.2) is 80.6 Å². The van der Waals surface area contributed by atoms with Crippen LogP contribution in [0.15, 0.2) is 42.5 Å². The standard InChI is InChI=1S/C33H47F2N3O7S/c1-4-7-28(8-5-2)46(42,43)21-30(38-33(41)45-27-11-12-44-20-27)32(40)37-29(16-24-14-25(34)17-26(35)15-24)31(39)19-36-18-23-10-6-9-22(3)13-23/h6,9-10,13-15,17,27-31,36,39H,4-5,7-8,11-12,16,18-21H2,1-3H3,(H,37,40)(H,38,41)/t27-,29-,30-,31+/m0/s1. The molecule has 0 aliphatic carbocycles. The van der Waals surface area contributed by atoms with E-state index >= 15 is 0 Å². The molecule has 1 saturated heterocycles. The van der Waals surface area contributed by atoms with Gasteiger partial charge in [-0.1, -0.05) is 56.5 Å². The summed E-state index contributed by atoms with van der Waals surface area (Å²) in [6, 6.07) is 7.99. The summed E-state index contributed by atoms with van der Waals surface area (Å²) in [5, 5.41) is 18.7. The zero-order chi connectivity index (χ0) is 33.7. The molecular formula is C33H47F2N3O7S. The van der Waals surface area contributed by atoms with Crippen molar-refractivity contribution in [2.75, 3.05) is 25.5 Å². The highest BCUT2D eigenvalue weighted by Crippen LogP contribution is 2.18. The molecule has 0 bridgehead atoms. The van der Waals surface area contributed by atoms with Crippen molar-refractivity contribution in [1.29, 1.82) is 0 Å². The quantitative estimate of drug-likeness (QED) is 0.189. The fourth-order valence-electron chi connectivity index (χ4n) is 5.51. The largest absolute Gasteiger partial charge is 0.444 e. The van der Waals surface area contributed by atoms with Crippen LogP contribution in [0, 0.1) is 18.6 Å². The second-order valence-electron chi connectivity index (χ2n) is 11.9. The van der Waals surface area contributed by atoms with Gasteiger partial charge in [0.1, 0.15) is 23.8 Å². The van der Waals surface area contributed by atoms with Gasteiger partial charge in [0.25, 0.3) is 0 Å². The lowest BCUT2D eigenvalue weighted by Gasteiger charge is -2.28. The molecule has 1 aliphatic heterocycles. The summed E-state index contributed by atoms with van der Waals surface area (Å²) in [5.74, 6) is -3.22. The number of sulfone groups is 1. The minimum atomic E-state index is -3.87. The van der Waals surface area contributed by atoms with Gasteiger partial charge in [-0.25, -0.2) is 22.0 Å². The van der Waals surface area contributed by atoms with E-state index in [9.17, 15) is 31.9 Å². The van der Waals surface area contributed by atoms with Crippen LogP contribution < -0.4 is 16.0 Å². The molecule has 2 aromatic rings. The number of ether oxygens (including phenoxy) is 2. The number of rotatable bonds is 18. The Bertz CT molecular complexity index is 1360. The number of halogens is 2. The monoisotopic (exact) mass is 667 g/mol. The number of nitrogens with one attached hydrogen (secondary N) is 3. The Morgan fingerprint density at radius 3 is 2.35 bits per heavy atom. The minimum Gasteiger partial charge on any atom is -0.444 e. The lowest BCUT2D eigenvalue weighted by Crippen LogP contribution is -2.57. The average molecular weight is 668 g/mol. The van der Waals surface area contributed by atoms with Crippen LogP contribution in [0.2, 0.25) is 0 Å². The maximum Gasteiger partial charge on any atom is 0.408 e. The van der Waals surface area contributed by atoms with Gasteiger partial charge in [0, 0.05) is 25.6 Å². The number of benzene rings is 2. The van der Waals surface area contributed by atoms with Crippen molar-refractivity contribution in [1.82, 2.24) is 16.0 Å². The van der Waals surface area contributed by atoms with Crippen molar-refractivity contribution in [3.05, 3.63) is 70.8 Å². The fourth-order valence-corrected chi connectivity index (χ4v) is 7.67. The van der Waals surface area contributed by atoms with Gasteiger partial charge in [-0.3, -0.25) is 4.79 Å². The van der Waals surface area contributed by atoms with Crippen LogP contribution in [0.4, 0.5) is 13.6 Å². The second kappa shape index (κ2) is 18.3. The molecule has 1 fully saturated rings. The molecule has 0 spiro atoms. The van der Waals surface area contributed by atoms with Crippen molar-refractivity contribution in [3.63, 3.8) is 0 Å². The Balaban J connectivity index is 1.83. The molecule has 10 nitrogen and oxygen atoms in total. The van der Waals surface area contributed by atoms with E-state index in [4.69, 9.17) is 9.47 Å². The van der Waals surface area contributed by atoms with Gasteiger partial charge in [0.15, 0.2) is 9.84 Å². The molecule has 256 valence electrons. The molecule has 1 heterocycles. The van der Waals surface area contributed by atoms with Crippen molar-refractivity contribution < 1.29 is 41.4 Å². The van der Waals surface area contributed by atoms with Crippen LogP contribution in [0.5, 0.6) is 0 Å². The second-order valence-corrected chi connectivity index (χ2v) is 14.2. The summed E-state index contributed by atoms with van der Waals surface area (Å²) in [4.78, 5) is 26.6. The molecule has 2 amide bonds. The number of carbonyl (C=O) groups excluding carboxylic acids is 2. The normalized spacial score (nSPS) is 17.0. The van der Waals surface area contributed by atoms with E-state index in [-0.39, 0.29) is 25.1 Å². The minimum absolute atomic E-state index is 0.00806. The number of carbonyl (C=O) groups is 2. The van der Waals surface area contributed by atoms with E-state index < -0.39 is 68.8 Å². The molecule has 0 unspecified atom stereocenters. The van der Waals surface area contributed by atoms with E-state index in [0.29, 0.717) is 51.3 Å². The van der Waals surface area contributed by atoms with Gasteiger partial charge >= 0.3 is 6.09 Å². The van der Waals surface area contributed by atoms with Gasteiger partial charge in [-0.05, 0) is 49.4 Å². The zero-order valence-electron chi connectivity index (χ0n) is 26.8.